The molecule has 0 N–H and O–H groups in total. The number of fused-ring (bicyclic) bond motifs is 1. The van der Waals surface area contributed by atoms with Crippen LogP contribution in [0.5, 0.6) is 0 Å². The number of rotatable bonds is 1. The lowest BCUT2D eigenvalue weighted by Crippen LogP contribution is -1.93. The molecule has 5 heteroatoms. The molecule has 0 amide bonds. The second-order valence-electron chi connectivity index (χ2n) is 2.85. The van der Waals surface area contributed by atoms with Crippen LogP contribution < -0.4 is 0 Å². The molecule has 2 aromatic heterocycles. The van der Waals surface area contributed by atoms with Gasteiger partial charge in [0.2, 0.25) is 0 Å². The predicted molar refractivity (Wildman–Crippen MR) is 54.5 cm³/mol. The molecule has 68 valence electrons. The molecule has 0 aliphatic carbocycles. The molecule has 0 saturated carbocycles. The molecule has 0 unspecified atom stereocenters. The van der Waals surface area contributed by atoms with Gasteiger partial charge in [-0.3, -0.25) is 0 Å². The number of thiazole rings is 1. The predicted octanol–water partition coefficient (Wildman–Crippen LogP) is 1.88. The van der Waals surface area contributed by atoms with Gasteiger partial charge in [0, 0.05) is 0 Å². The van der Waals surface area contributed by atoms with E-state index in [4.69, 9.17) is 0 Å². The topological polar surface area (TPSA) is 43.6 Å². The molecule has 0 aliphatic heterocycles. The molecular weight excluding hydrogens is 196 g/mol. The minimum atomic E-state index is 1.01. The molecule has 1 aromatic carbocycles. The van der Waals surface area contributed by atoms with Gasteiger partial charge in [-0.2, -0.15) is 0 Å². The van der Waals surface area contributed by atoms with Gasteiger partial charge in [-0.05, 0) is 18.2 Å². The Hall–Kier alpha value is -1.75. The molecule has 3 aromatic rings. The first-order valence-electron chi connectivity index (χ1n) is 4.13. The van der Waals surface area contributed by atoms with Crippen LogP contribution in [0.1, 0.15) is 0 Å². The van der Waals surface area contributed by atoms with Gasteiger partial charge >= 0.3 is 0 Å². The average Bonchev–Trinajstić information content (AvgIpc) is 2.88. The molecule has 14 heavy (non-hydrogen) atoms. The monoisotopic (exact) mass is 202 g/mol. The van der Waals surface area contributed by atoms with Crippen molar-refractivity contribution in [3.05, 3.63) is 36.1 Å². The summed E-state index contributed by atoms with van der Waals surface area (Å²) >= 11 is 1.63. The van der Waals surface area contributed by atoms with Crippen LogP contribution in [-0.2, 0) is 0 Å². The van der Waals surface area contributed by atoms with E-state index in [0.717, 1.165) is 15.9 Å². The van der Waals surface area contributed by atoms with Crippen molar-refractivity contribution in [2.75, 3.05) is 0 Å². The van der Waals surface area contributed by atoms with Gasteiger partial charge in [0.05, 0.1) is 33.8 Å². The van der Waals surface area contributed by atoms with E-state index in [-0.39, 0.29) is 0 Å². The van der Waals surface area contributed by atoms with Crippen molar-refractivity contribution >= 4 is 21.6 Å². The zero-order chi connectivity index (χ0) is 9.38. The van der Waals surface area contributed by atoms with Gasteiger partial charge in [-0.1, -0.05) is 5.21 Å². The number of hydrogen-bond donors (Lipinski definition) is 0. The van der Waals surface area contributed by atoms with Crippen LogP contribution in [0.2, 0.25) is 0 Å². The van der Waals surface area contributed by atoms with Crippen LogP contribution in [0.15, 0.2) is 36.1 Å². The molecule has 2 heterocycles. The standard InChI is InChI=1S/C9H6N4S/c1-2-8-9(14-6-10-8)5-7(1)13-4-3-11-12-13/h1-6H. The number of hydrogen-bond acceptors (Lipinski definition) is 4. The molecule has 0 spiro atoms. The Bertz CT molecular complexity index is 555. The minimum absolute atomic E-state index is 1.01. The number of nitrogens with zero attached hydrogens (tertiary/aromatic N) is 4. The van der Waals surface area contributed by atoms with Gasteiger partial charge in [0.15, 0.2) is 0 Å². The van der Waals surface area contributed by atoms with Crippen molar-refractivity contribution in [1.29, 1.82) is 0 Å². The van der Waals surface area contributed by atoms with Crippen LogP contribution in [-0.4, -0.2) is 20.0 Å². The number of benzene rings is 1. The maximum absolute atomic E-state index is 4.21. The highest BCUT2D eigenvalue weighted by molar-refractivity contribution is 7.16. The number of aromatic nitrogens is 4. The molecule has 0 aliphatic rings. The second-order valence-corrected chi connectivity index (χ2v) is 3.74. The van der Waals surface area contributed by atoms with E-state index in [0.29, 0.717) is 0 Å². The maximum Gasteiger partial charge on any atom is 0.0813 e. The SMILES string of the molecule is c1cn(-c2ccc3ncsc3c2)nn1. The van der Waals surface area contributed by atoms with Crippen molar-refractivity contribution in [2.24, 2.45) is 0 Å². The third-order valence-electron chi connectivity index (χ3n) is 2.00. The lowest BCUT2D eigenvalue weighted by atomic mass is 10.3. The van der Waals surface area contributed by atoms with Gasteiger partial charge in [0.1, 0.15) is 0 Å². The molecule has 0 fully saturated rings. The molecule has 4 nitrogen and oxygen atoms in total. The van der Waals surface area contributed by atoms with Gasteiger partial charge < -0.3 is 0 Å². The van der Waals surface area contributed by atoms with E-state index in [1.165, 1.54) is 0 Å². The van der Waals surface area contributed by atoms with Crippen LogP contribution in [0, 0.1) is 0 Å². The lowest BCUT2D eigenvalue weighted by molar-refractivity contribution is 0.804. The summed E-state index contributed by atoms with van der Waals surface area (Å²) in [5.41, 5.74) is 3.88. The summed E-state index contributed by atoms with van der Waals surface area (Å²) in [6, 6.07) is 6.03. The Morgan fingerprint density at radius 3 is 3.14 bits per heavy atom. The Labute approximate surface area is 83.8 Å². The summed E-state index contributed by atoms with van der Waals surface area (Å²) in [6.45, 7) is 0. The zero-order valence-electron chi connectivity index (χ0n) is 7.16. The van der Waals surface area contributed by atoms with Gasteiger partial charge in [0.25, 0.3) is 0 Å². The zero-order valence-corrected chi connectivity index (χ0v) is 7.98. The minimum Gasteiger partial charge on any atom is -0.245 e. The van der Waals surface area contributed by atoms with Crippen LogP contribution in [0.25, 0.3) is 15.9 Å². The van der Waals surface area contributed by atoms with Crippen molar-refractivity contribution in [3.8, 4) is 5.69 Å². The maximum atomic E-state index is 4.21. The van der Waals surface area contributed by atoms with Crippen LogP contribution >= 0.6 is 11.3 Å². The van der Waals surface area contributed by atoms with E-state index < -0.39 is 0 Å². The fourth-order valence-corrected chi connectivity index (χ4v) is 2.04. The molecule has 0 saturated heterocycles. The van der Waals surface area contributed by atoms with Crippen LogP contribution in [0.4, 0.5) is 0 Å². The normalized spacial score (nSPS) is 10.9. The molecule has 3 rings (SSSR count). The first-order chi connectivity index (χ1) is 6.93. The summed E-state index contributed by atoms with van der Waals surface area (Å²) in [6.07, 6.45) is 3.49. The van der Waals surface area contributed by atoms with E-state index in [9.17, 15) is 0 Å². The second kappa shape index (κ2) is 2.88. The first-order valence-corrected chi connectivity index (χ1v) is 5.01. The summed E-state index contributed by atoms with van der Waals surface area (Å²) in [4.78, 5) is 4.21. The Balaban J connectivity index is 2.23. The third kappa shape index (κ3) is 1.10. The average molecular weight is 202 g/mol. The van der Waals surface area contributed by atoms with E-state index >= 15 is 0 Å². The third-order valence-corrected chi connectivity index (χ3v) is 2.79. The summed E-state index contributed by atoms with van der Waals surface area (Å²) in [5.74, 6) is 0. The Morgan fingerprint density at radius 2 is 2.29 bits per heavy atom. The smallest absolute Gasteiger partial charge is 0.0813 e. The summed E-state index contributed by atoms with van der Waals surface area (Å²) in [7, 11) is 0. The quantitative estimate of drug-likeness (QED) is 0.605. The summed E-state index contributed by atoms with van der Waals surface area (Å²) in [5, 5.41) is 7.70. The van der Waals surface area contributed by atoms with Gasteiger partial charge in [-0.25, -0.2) is 9.67 Å². The van der Waals surface area contributed by atoms with E-state index in [2.05, 4.69) is 21.4 Å². The highest BCUT2D eigenvalue weighted by Crippen LogP contribution is 2.20. The van der Waals surface area contributed by atoms with Crippen molar-refractivity contribution in [1.82, 2.24) is 20.0 Å². The Morgan fingerprint density at radius 1 is 1.29 bits per heavy atom. The molecular formula is C9H6N4S. The largest absolute Gasteiger partial charge is 0.245 e. The van der Waals surface area contributed by atoms with Crippen LogP contribution in [0.3, 0.4) is 0 Å². The fraction of sp³-hybridized carbons (Fsp3) is 0. The van der Waals surface area contributed by atoms with Crippen molar-refractivity contribution in [3.63, 3.8) is 0 Å². The summed E-state index contributed by atoms with van der Waals surface area (Å²) < 4.78 is 2.90. The lowest BCUT2D eigenvalue weighted by Gasteiger charge is -1.98. The molecule has 0 radical (unpaired) electrons. The molecule has 0 bridgehead atoms. The highest BCUT2D eigenvalue weighted by Gasteiger charge is 2.00. The van der Waals surface area contributed by atoms with E-state index in [1.54, 1.807) is 22.2 Å². The van der Waals surface area contributed by atoms with E-state index in [1.807, 2.05) is 23.8 Å². The highest BCUT2D eigenvalue weighted by atomic mass is 32.1. The Kier molecular flexibility index (Phi) is 1.57. The first kappa shape index (κ1) is 7.64. The fourth-order valence-electron chi connectivity index (χ4n) is 1.33. The molecule has 0 atom stereocenters. The van der Waals surface area contributed by atoms with Crippen molar-refractivity contribution in [2.45, 2.75) is 0 Å². The van der Waals surface area contributed by atoms with Crippen molar-refractivity contribution < 1.29 is 0 Å². The van der Waals surface area contributed by atoms with Gasteiger partial charge in [-0.15, -0.1) is 16.4 Å².